The first-order chi connectivity index (χ1) is 8.50. The highest BCUT2D eigenvalue weighted by molar-refractivity contribution is 6.41. The molecule has 1 rings (SSSR count). The molecule has 4 nitrogen and oxygen atoms in total. The average molecular weight is 289 g/mol. The number of esters is 2. The molecule has 108 valence electrons. The van der Waals surface area contributed by atoms with Crippen LogP contribution >= 0.6 is 11.6 Å². The predicted octanol–water partition coefficient (Wildman–Crippen LogP) is 2.90. The molecule has 0 spiro atoms. The Morgan fingerprint density at radius 3 is 2.21 bits per heavy atom. The van der Waals surface area contributed by atoms with Crippen LogP contribution in [-0.2, 0) is 19.1 Å². The maximum atomic E-state index is 12.1. The Balaban J connectivity index is 2.79. The number of methoxy groups -OCH3 is 1. The second-order valence-electron chi connectivity index (χ2n) is 6.36. The molecule has 0 bridgehead atoms. The fourth-order valence-corrected chi connectivity index (χ4v) is 2.34. The van der Waals surface area contributed by atoms with Gasteiger partial charge in [0, 0.05) is 0 Å². The predicted molar refractivity (Wildman–Crippen MR) is 72.6 cm³/mol. The van der Waals surface area contributed by atoms with E-state index in [2.05, 4.69) is 4.74 Å². The summed E-state index contributed by atoms with van der Waals surface area (Å²) in [5.74, 6) is -1.22. The number of ether oxygens (including phenoxy) is 2. The van der Waals surface area contributed by atoms with Crippen LogP contribution in [0.5, 0.6) is 0 Å². The number of rotatable bonds is 3. The van der Waals surface area contributed by atoms with Crippen molar-refractivity contribution in [2.45, 2.75) is 40.2 Å². The summed E-state index contributed by atoms with van der Waals surface area (Å²) < 4.78 is 9.90. The Bertz CT molecular complexity index is 418. The van der Waals surface area contributed by atoms with E-state index in [1.54, 1.807) is 6.08 Å². The summed E-state index contributed by atoms with van der Waals surface area (Å²) in [6.07, 6.45) is 1.59. The van der Waals surface area contributed by atoms with E-state index in [0.29, 0.717) is 0 Å². The number of carbonyl (C=O) groups excluding carboxylic acids is 2. The molecule has 1 aliphatic rings. The maximum absolute atomic E-state index is 12.1. The summed E-state index contributed by atoms with van der Waals surface area (Å²) in [5, 5.41) is 0.00614. The molecular formula is C14H21ClO4. The van der Waals surface area contributed by atoms with Crippen molar-refractivity contribution in [2.75, 3.05) is 7.11 Å². The first-order valence-corrected chi connectivity index (χ1v) is 6.57. The highest BCUT2D eigenvalue weighted by atomic mass is 35.5. The van der Waals surface area contributed by atoms with Gasteiger partial charge in [-0.25, -0.2) is 4.79 Å². The molecule has 2 atom stereocenters. The quantitative estimate of drug-likeness (QED) is 0.592. The number of hydrogen-bond acceptors (Lipinski definition) is 4. The van der Waals surface area contributed by atoms with Crippen molar-refractivity contribution in [3.05, 3.63) is 11.1 Å². The minimum absolute atomic E-state index is 0.00614. The third kappa shape index (κ3) is 3.72. The maximum Gasteiger partial charge on any atom is 0.349 e. The zero-order chi connectivity index (χ0) is 15.0. The molecule has 1 saturated carbocycles. The molecule has 0 aromatic carbocycles. The Labute approximate surface area is 119 Å². The van der Waals surface area contributed by atoms with Gasteiger partial charge in [-0.2, -0.15) is 0 Å². The molecular weight excluding hydrogens is 268 g/mol. The summed E-state index contributed by atoms with van der Waals surface area (Å²) in [5.41, 5.74) is -0.771. The molecule has 1 aliphatic carbocycles. The monoisotopic (exact) mass is 288 g/mol. The largest absolute Gasteiger partial charge is 0.465 e. The zero-order valence-electron chi connectivity index (χ0n) is 12.2. The van der Waals surface area contributed by atoms with Crippen LogP contribution in [0, 0.1) is 17.3 Å². The molecule has 0 heterocycles. The van der Waals surface area contributed by atoms with E-state index in [0.717, 1.165) is 0 Å². The summed E-state index contributed by atoms with van der Waals surface area (Å²) in [7, 11) is 1.27. The van der Waals surface area contributed by atoms with Crippen LogP contribution < -0.4 is 0 Å². The van der Waals surface area contributed by atoms with Crippen LogP contribution in [-0.4, -0.2) is 24.6 Å². The van der Waals surface area contributed by atoms with Gasteiger partial charge in [0.05, 0.1) is 13.0 Å². The van der Waals surface area contributed by atoms with Gasteiger partial charge >= 0.3 is 11.9 Å². The second kappa shape index (κ2) is 5.16. The van der Waals surface area contributed by atoms with Crippen LogP contribution in [0.1, 0.15) is 34.6 Å². The number of halogens is 1. The van der Waals surface area contributed by atoms with Crippen molar-refractivity contribution in [3.8, 4) is 0 Å². The van der Waals surface area contributed by atoms with Crippen molar-refractivity contribution >= 4 is 23.5 Å². The Morgan fingerprint density at radius 1 is 1.26 bits per heavy atom. The molecule has 2 unspecified atom stereocenters. The Hall–Kier alpha value is -1.03. The van der Waals surface area contributed by atoms with Gasteiger partial charge < -0.3 is 9.47 Å². The van der Waals surface area contributed by atoms with Gasteiger partial charge in [-0.05, 0) is 32.1 Å². The molecule has 0 saturated heterocycles. The fraction of sp³-hybridized carbons (Fsp3) is 0.714. The normalized spacial score (nSPS) is 25.7. The van der Waals surface area contributed by atoms with Crippen LogP contribution in [0.2, 0.25) is 0 Å². The molecule has 0 aromatic heterocycles. The van der Waals surface area contributed by atoms with Crippen LogP contribution in [0.15, 0.2) is 11.1 Å². The molecule has 0 amide bonds. The van der Waals surface area contributed by atoms with Crippen molar-refractivity contribution in [2.24, 2.45) is 17.3 Å². The lowest BCUT2D eigenvalue weighted by Crippen LogP contribution is -2.26. The smallest absolute Gasteiger partial charge is 0.349 e. The summed E-state index contributed by atoms with van der Waals surface area (Å²) >= 11 is 5.83. The van der Waals surface area contributed by atoms with Crippen molar-refractivity contribution in [1.29, 1.82) is 0 Å². The van der Waals surface area contributed by atoms with Crippen molar-refractivity contribution in [1.82, 2.24) is 0 Å². The highest BCUT2D eigenvalue weighted by Crippen LogP contribution is 2.60. The fourth-order valence-electron chi connectivity index (χ4n) is 2.13. The summed E-state index contributed by atoms with van der Waals surface area (Å²) in [6.45, 7) is 9.38. The van der Waals surface area contributed by atoms with Gasteiger partial charge in [0.25, 0.3) is 0 Å². The van der Waals surface area contributed by atoms with E-state index >= 15 is 0 Å². The van der Waals surface area contributed by atoms with Crippen molar-refractivity contribution < 1.29 is 19.1 Å². The lowest BCUT2D eigenvalue weighted by Gasteiger charge is -2.19. The first kappa shape index (κ1) is 16.0. The van der Waals surface area contributed by atoms with E-state index in [1.165, 1.54) is 7.11 Å². The van der Waals surface area contributed by atoms with E-state index in [4.69, 9.17) is 16.3 Å². The van der Waals surface area contributed by atoms with Gasteiger partial charge in [0.2, 0.25) is 0 Å². The van der Waals surface area contributed by atoms with Gasteiger partial charge in [-0.1, -0.05) is 31.5 Å². The number of carbonyl (C=O) groups is 2. The third-order valence-corrected chi connectivity index (χ3v) is 3.56. The Kier molecular flexibility index (Phi) is 4.35. The lowest BCUT2D eigenvalue weighted by atomic mass is 10.1. The molecule has 0 radical (unpaired) electrons. The zero-order valence-corrected chi connectivity index (χ0v) is 13.0. The highest BCUT2D eigenvalue weighted by Gasteiger charge is 2.62. The summed E-state index contributed by atoms with van der Waals surface area (Å²) in [6, 6.07) is 0. The first-order valence-electron chi connectivity index (χ1n) is 6.19. The van der Waals surface area contributed by atoms with E-state index in [-0.39, 0.29) is 28.3 Å². The minimum atomic E-state index is -0.590. The minimum Gasteiger partial charge on any atom is -0.465 e. The number of hydrogen-bond donors (Lipinski definition) is 0. The lowest BCUT2D eigenvalue weighted by molar-refractivity contribution is -0.157. The van der Waals surface area contributed by atoms with Crippen LogP contribution in [0.25, 0.3) is 0 Å². The Morgan fingerprint density at radius 2 is 1.79 bits per heavy atom. The van der Waals surface area contributed by atoms with E-state index in [1.807, 2.05) is 34.6 Å². The van der Waals surface area contributed by atoms with Gasteiger partial charge in [0.1, 0.15) is 10.6 Å². The molecule has 0 aromatic rings. The standard InChI is InChI=1S/C14H21ClO4/c1-13(2,3)19-12(17)10-8(14(10,4)5)7-9(15)11(16)18-6/h7-8,10H,1-6H3. The van der Waals surface area contributed by atoms with Gasteiger partial charge in [-0.15, -0.1) is 0 Å². The van der Waals surface area contributed by atoms with Crippen LogP contribution in [0.4, 0.5) is 0 Å². The molecule has 0 aliphatic heterocycles. The van der Waals surface area contributed by atoms with Crippen molar-refractivity contribution in [3.63, 3.8) is 0 Å². The third-order valence-electron chi connectivity index (χ3n) is 3.28. The van der Waals surface area contributed by atoms with Gasteiger partial charge in [-0.3, -0.25) is 4.79 Å². The van der Waals surface area contributed by atoms with Gasteiger partial charge in [0.15, 0.2) is 0 Å². The second-order valence-corrected chi connectivity index (χ2v) is 6.77. The van der Waals surface area contributed by atoms with Crippen LogP contribution in [0.3, 0.4) is 0 Å². The molecule has 19 heavy (non-hydrogen) atoms. The molecule has 1 fully saturated rings. The SMILES string of the molecule is COC(=O)C(Cl)=CC1C(C(=O)OC(C)(C)C)C1(C)C. The number of allylic oxidation sites excluding steroid dienone is 1. The topological polar surface area (TPSA) is 52.6 Å². The molecule has 0 N–H and O–H groups in total. The average Bonchev–Trinajstić information content (AvgIpc) is 2.76. The van der Waals surface area contributed by atoms with E-state index < -0.39 is 11.6 Å². The van der Waals surface area contributed by atoms with E-state index in [9.17, 15) is 9.59 Å². The summed E-state index contributed by atoms with van der Waals surface area (Å²) in [4.78, 5) is 23.3. The molecule has 5 heteroatoms.